The summed E-state index contributed by atoms with van der Waals surface area (Å²) < 4.78 is 0. The topological polar surface area (TPSA) is 45.4 Å². The normalized spacial score (nSPS) is 15.6. The molecule has 0 aliphatic carbocycles. The average molecular weight is 371 g/mol. The molecule has 0 radical (unpaired) electrons. The van der Waals surface area contributed by atoms with Crippen molar-refractivity contribution < 1.29 is 0 Å². The van der Waals surface area contributed by atoms with Gasteiger partial charge in [-0.1, -0.05) is 25.2 Å². The van der Waals surface area contributed by atoms with Gasteiger partial charge in [0.25, 0.3) is 0 Å². The molecule has 1 aliphatic rings. The van der Waals surface area contributed by atoms with Crippen molar-refractivity contribution in [1.29, 1.82) is 0 Å². The van der Waals surface area contributed by atoms with Crippen LogP contribution in [0.2, 0.25) is 0 Å². The van der Waals surface area contributed by atoms with Crippen molar-refractivity contribution in [2.24, 2.45) is 5.73 Å². The minimum Gasteiger partial charge on any atom is -0.354 e. The van der Waals surface area contributed by atoms with Crippen LogP contribution in [-0.2, 0) is 6.42 Å². The molecule has 2 N–H and O–H groups in total. The lowest BCUT2D eigenvalue weighted by Gasteiger charge is -2.35. The zero-order valence-electron chi connectivity index (χ0n) is 16.0. The second-order valence-corrected chi connectivity index (χ2v) is 7.76. The van der Waals surface area contributed by atoms with Crippen molar-refractivity contribution in [2.75, 3.05) is 44.2 Å². The molecule has 5 heteroatoms. The number of benzene rings is 1. The number of nitrogens with two attached hydrogens (primary N) is 1. The highest BCUT2D eigenvalue weighted by molar-refractivity contribution is 7.80. The van der Waals surface area contributed by atoms with Gasteiger partial charge >= 0.3 is 0 Å². The van der Waals surface area contributed by atoms with Gasteiger partial charge in [0.05, 0.1) is 5.52 Å². The summed E-state index contributed by atoms with van der Waals surface area (Å²) >= 11 is 5.50. The highest BCUT2D eigenvalue weighted by atomic mass is 32.1. The van der Waals surface area contributed by atoms with E-state index in [0.717, 1.165) is 68.2 Å². The standard InChI is InChI=1S/C21H30N4S/c1-3-24-9-11-25(12-10-24)21-13-16(2)19-15-17(6-7-20(19)23-21)14-18(26)5-4-8-22/h6-7,13,15H,3-5,8-12,14,22H2,1-2H3. The number of piperazine rings is 1. The Morgan fingerprint density at radius 1 is 1.19 bits per heavy atom. The Morgan fingerprint density at radius 3 is 2.65 bits per heavy atom. The Kier molecular flexibility index (Phi) is 6.57. The summed E-state index contributed by atoms with van der Waals surface area (Å²) in [6.07, 6.45) is 2.76. The van der Waals surface area contributed by atoms with E-state index in [1.54, 1.807) is 0 Å². The summed E-state index contributed by atoms with van der Waals surface area (Å²) in [4.78, 5) is 10.9. The molecule has 1 aromatic heterocycles. The van der Waals surface area contributed by atoms with Crippen molar-refractivity contribution in [3.63, 3.8) is 0 Å². The number of anilines is 1. The molecule has 0 unspecified atom stereocenters. The molecule has 1 fully saturated rings. The summed E-state index contributed by atoms with van der Waals surface area (Å²) in [5.74, 6) is 1.11. The number of likely N-dealkylation sites (N-methyl/N-ethyl adjacent to an activating group) is 1. The second kappa shape index (κ2) is 8.89. The number of aryl methyl sites for hydroxylation is 1. The van der Waals surface area contributed by atoms with Gasteiger partial charge < -0.3 is 15.5 Å². The lowest BCUT2D eigenvalue weighted by Crippen LogP contribution is -2.46. The minimum absolute atomic E-state index is 0.705. The molecule has 1 aromatic carbocycles. The van der Waals surface area contributed by atoms with Gasteiger partial charge in [-0.05, 0) is 67.0 Å². The lowest BCUT2D eigenvalue weighted by atomic mass is 10.0. The fraction of sp³-hybridized carbons (Fsp3) is 0.524. The van der Waals surface area contributed by atoms with Crippen LogP contribution < -0.4 is 10.6 Å². The summed E-state index contributed by atoms with van der Waals surface area (Å²) in [5, 5.41) is 1.24. The smallest absolute Gasteiger partial charge is 0.129 e. The summed E-state index contributed by atoms with van der Waals surface area (Å²) in [6.45, 7) is 10.6. The Balaban J connectivity index is 1.77. The quantitative estimate of drug-likeness (QED) is 0.758. The Hall–Kier alpha value is -1.56. The van der Waals surface area contributed by atoms with Gasteiger partial charge in [0.2, 0.25) is 0 Å². The van der Waals surface area contributed by atoms with Gasteiger partial charge in [-0.3, -0.25) is 0 Å². The molecule has 140 valence electrons. The van der Waals surface area contributed by atoms with Crippen LogP contribution in [0, 0.1) is 6.92 Å². The van der Waals surface area contributed by atoms with Crippen LogP contribution >= 0.6 is 12.2 Å². The first-order valence-electron chi connectivity index (χ1n) is 9.70. The molecule has 0 spiro atoms. The van der Waals surface area contributed by atoms with E-state index in [2.05, 4.69) is 47.9 Å². The third kappa shape index (κ3) is 4.58. The van der Waals surface area contributed by atoms with E-state index in [9.17, 15) is 0 Å². The maximum Gasteiger partial charge on any atom is 0.129 e. The van der Waals surface area contributed by atoms with Crippen LogP contribution in [0.3, 0.4) is 0 Å². The fourth-order valence-electron chi connectivity index (χ4n) is 3.60. The molecule has 0 atom stereocenters. The largest absolute Gasteiger partial charge is 0.354 e. The van der Waals surface area contributed by atoms with E-state index in [1.165, 1.54) is 16.5 Å². The number of pyridine rings is 1. The predicted octanol–water partition coefficient (Wildman–Crippen LogP) is 3.34. The number of fused-ring (bicyclic) bond motifs is 1. The molecule has 2 heterocycles. The van der Waals surface area contributed by atoms with Gasteiger partial charge in [-0.2, -0.15) is 0 Å². The van der Waals surface area contributed by atoms with E-state index >= 15 is 0 Å². The fourth-order valence-corrected chi connectivity index (χ4v) is 3.92. The van der Waals surface area contributed by atoms with Crippen LogP contribution in [0.15, 0.2) is 24.3 Å². The highest BCUT2D eigenvalue weighted by Crippen LogP contribution is 2.25. The van der Waals surface area contributed by atoms with Crippen LogP contribution in [0.4, 0.5) is 5.82 Å². The predicted molar refractivity (Wildman–Crippen MR) is 115 cm³/mol. The van der Waals surface area contributed by atoms with E-state index in [4.69, 9.17) is 22.9 Å². The minimum atomic E-state index is 0.705. The van der Waals surface area contributed by atoms with E-state index < -0.39 is 0 Å². The average Bonchev–Trinajstić information content (AvgIpc) is 2.66. The van der Waals surface area contributed by atoms with Crippen LogP contribution in [-0.4, -0.2) is 54.0 Å². The number of hydrogen-bond acceptors (Lipinski definition) is 5. The third-order valence-corrected chi connectivity index (χ3v) is 5.62. The van der Waals surface area contributed by atoms with E-state index in [-0.39, 0.29) is 0 Å². The SMILES string of the molecule is CCN1CCN(c2cc(C)c3cc(CC(=S)CCCN)ccc3n2)CC1. The number of nitrogens with zero attached hydrogens (tertiary/aromatic N) is 3. The highest BCUT2D eigenvalue weighted by Gasteiger charge is 2.17. The molecule has 2 aromatic rings. The number of hydrogen-bond donors (Lipinski definition) is 1. The van der Waals surface area contributed by atoms with Crippen molar-refractivity contribution in [3.8, 4) is 0 Å². The first-order valence-corrected chi connectivity index (χ1v) is 10.1. The zero-order chi connectivity index (χ0) is 18.5. The van der Waals surface area contributed by atoms with Crippen molar-refractivity contribution in [2.45, 2.75) is 33.1 Å². The zero-order valence-corrected chi connectivity index (χ0v) is 16.8. The van der Waals surface area contributed by atoms with Crippen molar-refractivity contribution in [3.05, 3.63) is 35.4 Å². The molecule has 1 aliphatic heterocycles. The first-order chi connectivity index (χ1) is 12.6. The number of thiocarbonyl (C=S) groups is 1. The van der Waals surface area contributed by atoms with Gasteiger partial charge in [-0.25, -0.2) is 4.98 Å². The van der Waals surface area contributed by atoms with Gasteiger partial charge in [0.1, 0.15) is 5.82 Å². The molecule has 4 nitrogen and oxygen atoms in total. The Labute approximate surface area is 162 Å². The third-order valence-electron chi connectivity index (χ3n) is 5.27. The van der Waals surface area contributed by atoms with Crippen molar-refractivity contribution in [1.82, 2.24) is 9.88 Å². The van der Waals surface area contributed by atoms with Crippen molar-refractivity contribution >= 4 is 33.8 Å². The molecule has 3 rings (SSSR count). The molecule has 1 saturated heterocycles. The number of rotatable bonds is 7. The lowest BCUT2D eigenvalue weighted by molar-refractivity contribution is 0.270. The summed E-state index contributed by atoms with van der Waals surface area (Å²) in [7, 11) is 0. The summed E-state index contributed by atoms with van der Waals surface area (Å²) in [6, 6.07) is 8.81. The van der Waals surface area contributed by atoms with E-state index in [0.29, 0.717) is 6.54 Å². The monoisotopic (exact) mass is 370 g/mol. The number of aromatic nitrogens is 1. The van der Waals surface area contributed by atoms with Crippen LogP contribution in [0.5, 0.6) is 0 Å². The Bertz CT molecular complexity index is 766. The molecule has 0 bridgehead atoms. The first kappa shape index (κ1) is 19.2. The molecule has 26 heavy (non-hydrogen) atoms. The maximum atomic E-state index is 5.58. The molecular weight excluding hydrogens is 340 g/mol. The van der Waals surface area contributed by atoms with E-state index in [1.807, 2.05) is 0 Å². The van der Waals surface area contributed by atoms with Gasteiger partial charge in [0.15, 0.2) is 0 Å². The molecule has 0 saturated carbocycles. The van der Waals surface area contributed by atoms with Crippen LogP contribution in [0.25, 0.3) is 10.9 Å². The molecule has 0 amide bonds. The molecular formula is C21H30N4S. The maximum absolute atomic E-state index is 5.58. The van der Waals surface area contributed by atoms with Crippen LogP contribution in [0.1, 0.15) is 30.9 Å². The van der Waals surface area contributed by atoms with Gasteiger partial charge in [0, 0.05) is 38.0 Å². The Morgan fingerprint density at radius 2 is 1.96 bits per heavy atom. The van der Waals surface area contributed by atoms with Gasteiger partial charge in [-0.15, -0.1) is 0 Å². The summed E-state index contributed by atoms with van der Waals surface area (Å²) in [5.41, 5.74) is 9.22. The second-order valence-electron chi connectivity index (χ2n) is 7.18.